The highest BCUT2D eigenvalue weighted by molar-refractivity contribution is 7.15. The van der Waals surface area contributed by atoms with E-state index >= 15 is 0 Å². The summed E-state index contributed by atoms with van der Waals surface area (Å²) in [6.07, 6.45) is 3.20. The number of carbonyl (C=O) groups is 1. The first-order valence-electron chi connectivity index (χ1n) is 8.10. The third-order valence-corrected chi connectivity index (χ3v) is 6.44. The lowest BCUT2D eigenvalue weighted by molar-refractivity contribution is 0.102. The first-order valence-corrected chi connectivity index (χ1v) is 9.80. The van der Waals surface area contributed by atoms with Crippen molar-refractivity contribution in [2.75, 3.05) is 12.4 Å². The van der Waals surface area contributed by atoms with Crippen LogP contribution in [0.1, 0.15) is 53.0 Å². The molecule has 7 heteroatoms. The summed E-state index contributed by atoms with van der Waals surface area (Å²) in [6.45, 7) is 7.32. The van der Waals surface area contributed by atoms with Crippen LogP contribution in [0.2, 0.25) is 0 Å². The molecule has 1 N–H and O–H groups in total. The van der Waals surface area contributed by atoms with Gasteiger partial charge in [-0.3, -0.25) is 10.1 Å². The van der Waals surface area contributed by atoms with Crippen molar-refractivity contribution < 1.29 is 9.53 Å². The fourth-order valence-electron chi connectivity index (χ4n) is 3.09. The van der Waals surface area contributed by atoms with Crippen LogP contribution in [0.15, 0.2) is 5.38 Å². The van der Waals surface area contributed by atoms with Gasteiger partial charge in [0.1, 0.15) is 11.6 Å². The molecule has 0 fully saturated rings. The standard InChI is InChI=1S/C17H23N3O2S2/c1-17(2,3)10-5-6-11-12(9-23-13(11)7-10)15(21)18-16-20-19-14(24-16)8-22-4/h9-10H,5-8H2,1-4H3,(H,18,20,21). The van der Waals surface area contributed by atoms with Crippen molar-refractivity contribution in [2.45, 2.75) is 46.6 Å². The zero-order valence-electron chi connectivity index (χ0n) is 14.5. The second-order valence-electron chi connectivity index (χ2n) is 7.24. The number of amides is 1. The summed E-state index contributed by atoms with van der Waals surface area (Å²) in [4.78, 5) is 14.0. The van der Waals surface area contributed by atoms with Crippen LogP contribution in [0.3, 0.4) is 0 Å². The summed E-state index contributed by atoms with van der Waals surface area (Å²) < 4.78 is 5.03. The third-order valence-electron chi connectivity index (χ3n) is 4.58. The summed E-state index contributed by atoms with van der Waals surface area (Å²) >= 11 is 3.06. The van der Waals surface area contributed by atoms with Gasteiger partial charge in [0.15, 0.2) is 0 Å². The first-order chi connectivity index (χ1) is 11.4. The van der Waals surface area contributed by atoms with E-state index in [2.05, 4.69) is 36.3 Å². The highest BCUT2D eigenvalue weighted by atomic mass is 32.1. The van der Waals surface area contributed by atoms with Crippen LogP contribution in [0, 0.1) is 11.3 Å². The van der Waals surface area contributed by atoms with Crippen LogP contribution in [0.5, 0.6) is 0 Å². The van der Waals surface area contributed by atoms with Gasteiger partial charge in [0.25, 0.3) is 5.91 Å². The maximum absolute atomic E-state index is 12.6. The lowest BCUT2D eigenvalue weighted by Gasteiger charge is -2.34. The third kappa shape index (κ3) is 3.68. The van der Waals surface area contributed by atoms with Crippen LogP contribution in [0.25, 0.3) is 0 Å². The molecule has 2 heterocycles. The second kappa shape index (κ2) is 6.90. The Morgan fingerprint density at radius 3 is 2.92 bits per heavy atom. The normalized spacial score (nSPS) is 17.6. The number of anilines is 1. The molecule has 0 aromatic carbocycles. The Bertz CT molecular complexity index is 731. The second-order valence-corrected chi connectivity index (χ2v) is 9.27. The minimum Gasteiger partial charge on any atom is -0.377 e. The molecule has 1 amide bonds. The zero-order valence-corrected chi connectivity index (χ0v) is 16.1. The molecule has 0 bridgehead atoms. The number of hydrogen-bond acceptors (Lipinski definition) is 6. The van der Waals surface area contributed by atoms with Crippen LogP contribution in [0.4, 0.5) is 5.13 Å². The smallest absolute Gasteiger partial charge is 0.258 e. The van der Waals surface area contributed by atoms with Crippen LogP contribution >= 0.6 is 22.7 Å². The summed E-state index contributed by atoms with van der Waals surface area (Å²) in [5, 5.41) is 14.1. The van der Waals surface area contributed by atoms with E-state index in [9.17, 15) is 4.79 Å². The lowest BCUT2D eigenvalue weighted by atomic mass is 9.72. The molecule has 130 valence electrons. The monoisotopic (exact) mass is 365 g/mol. The van der Waals surface area contributed by atoms with E-state index in [0.29, 0.717) is 23.1 Å². The van der Waals surface area contributed by atoms with Gasteiger partial charge in [-0.05, 0) is 36.2 Å². The number of hydrogen-bond donors (Lipinski definition) is 1. The molecule has 1 atom stereocenters. The van der Waals surface area contributed by atoms with E-state index in [0.717, 1.165) is 29.8 Å². The molecule has 0 saturated carbocycles. The van der Waals surface area contributed by atoms with Crippen molar-refractivity contribution in [3.8, 4) is 0 Å². The Hall–Kier alpha value is -1.31. The number of aromatic nitrogens is 2. The molecular formula is C17H23N3O2S2. The summed E-state index contributed by atoms with van der Waals surface area (Å²) in [7, 11) is 1.61. The summed E-state index contributed by atoms with van der Waals surface area (Å²) in [5.41, 5.74) is 2.33. The van der Waals surface area contributed by atoms with E-state index in [-0.39, 0.29) is 5.91 Å². The minimum absolute atomic E-state index is 0.0816. The van der Waals surface area contributed by atoms with E-state index in [1.165, 1.54) is 21.8 Å². The van der Waals surface area contributed by atoms with Crippen LogP contribution < -0.4 is 5.32 Å². The Balaban J connectivity index is 1.72. The number of carbonyl (C=O) groups excluding carboxylic acids is 1. The van der Waals surface area contributed by atoms with Crippen molar-refractivity contribution in [3.05, 3.63) is 26.4 Å². The van der Waals surface area contributed by atoms with Gasteiger partial charge in [0, 0.05) is 17.4 Å². The van der Waals surface area contributed by atoms with Crippen LogP contribution in [-0.4, -0.2) is 23.2 Å². The number of nitrogens with one attached hydrogen (secondary N) is 1. The predicted octanol–water partition coefficient (Wildman–Crippen LogP) is 4.15. The number of fused-ring (bicyclic) bond motifs is 1. The first kappa shape index (κ1) is 17.5. The van der Waals surface area contributed by atoms with Crippen molar-refractivity contribution in [3.63, 3.8) is 0 Å². The molecule has 1 aliphatic rings. The maximum Gasteiger partial charge on any atom is 0.258 e. The number of nitrogens with zero attached hydrogens (tertiary/aromatic N) is 2. The maximum atomic E-state index is 12.6. The van der Waals surface area contributed by atoms with E-state index in [4.69, 9.17) is 4.74 Å². The summed E-state index contributed by atoms with van der Waals surface area (Å²) in [6, 6.07) is 0. The molecule has 2 aromatic rings. The van der Waals surface area contributed by atoms with Gasteiger partial charge in [-0.15, -0.1) is 21.5 Å². The highest BCUT2D eigenvalue weighted by Gasteiger charge is 2.31. The fraction of sp³-hybridized carbons (Fsp3) is 0.588. The van der Waals surface area contributed by atoms with E-state index < -0.39 is 0 Å². The van der Waals surface area contributed by atoms with Crippen molar-refractivity contribution in [2.24, 2.45) is 11.3 Å². The van der Waals surface area contributed by atoms with Crippen LogP contribution in [-0.2, 0) is 24.2 Å². The van der Waals surface area contributed by atoms with Gasteiger partial charge >= 0.3 is 0 Å². The molecule has 0 spiro atoms. The SMILES string of the molecule is COCc1nnc(NC(=O)c2csc3c2CCC(C(C)(C)C)C3)s1. The molecule has 0 saturated heterocycles. The predicted molar refractivity (Wildman–Crippen MR) is 97.9 cm³/mol. The molecule has 2 aromatic heterocycles. The van der Waals surface area contributed by atoms with Gasteiger partial charge in [0.05, 0.1) is 5.56 Å². The molecule has 0 radical (unpaired) electrons. The highest BCUT2D eigenvalue weighted by Crippen LogP contribution is 2.40. The largest absolute Gasteiger partial charge is 0.377 e. The van der Waals surface area contributed by atoms with E-state index in [1.807, 2.05) is 5.38 Å². The molecular weight excluding hydrogens is 342 g/mol. The molecule has 0 aliphatic heterocycles. The fourth-order valence-corrected chi connectivity index (χ4v) is 4.96. The average molecular weight is 366 g/mol. The molecule has 1 unspecified atom stereocenters. The Labute approximate surface area is 150 Å². The minimum atomic E-state index is -0.0816. The van der Waals surface area contributed by atoms with Crippen molar-refractivity contribution in [1.29, 1.82) is 0 Å². The Morgan fingerprint density at radius 2 is 2.21 bits per heavy atom. The van der Waals surface area contributed by atoms with Crippen molar-refractivity contribution in [1.82, 2.24) is 10.2 Å². The molecule has 24 heavy (non-hydrogen) atoms. The Morgan fingerprint density at radius 1 is 1.42 bits per heavy atom. The molecule has 5 nitrogen and oxygen atoms in total. The average Bonchev–Trinajstić information content (AvgIpc) is 3.12. The molecule has 1 aliphatic carbocycles. The lowest BCUT2D eigenvalue weighted by Crippen LogP contribution is -2.27. The van der Waals surface area contributed by atoms with E-state index in [1.54, 1.807) is 18.4 Å². The van der Waals surface area contributed by atoms with Gasteiger partial charge in [-0.25, -0.2) is 0 Å². The molecule has 3 rings (SSSR count). The number of ether oxygens (including phenoxy) is 1. The van der Waals surface area contributed by atoms with Gasteiger partial charge < -0.3 is 4.74 Å². The topological polar surface area (TPSA) is 64.1 Å². The number of thiophene rings is 1. The number of rotatable bonds is 4. The van der Waals surface area contributed by atoms with Gasteiger partial charge in [-0.1, -0.05) is 32.1 Å². The zero-order chi connectivity index (χ0) is 17.3. The quantitative estimate of drug-likeness (QED) is 0.884. The summed E-state index contributed by atoms with van der Waals surface area (Å²) in [5.74, 6) is 0.598. The number of methoxy groups -OCH3 is 1. The van der Waals surface area contributed by atoms with Gasteiger partial charge in [0.2, 0.25) is 5.13 Å². The van der Waals surface area contributed by atoms with Gasteiger partial charge in [-0.2, -0.15) is 0 Å². The Kier molecular flexibility index (Phi) is 5.03. The van der Waals surface area contributed by atoms with Crippen molar-refractivity contribution >= 4 is 33.7 Å².